The number of hydrogen-bond acceptors (Lipinski definition) is 6. The summed E-state index contributed by atoms with van der Waals surface area (Å²) in [6.07, 6.45) is 2.52. The summed E-state index contributed by atoms with van der Waals surface area (Å²) in [4.78, 5) is 38.9. The van der Waals surface area contributed by atoms with E-state index in [4.69, 9.17) is 4.74 Å². The number of carbonyl (C=O) groups is 2. The fourth-order valence-corrected chi connectivity index (χ4v) is 4.87. The maximum absolute atomic E-state index is 13.9. The highest BCUT2D eigenvalue weighted by atomic mass is 32.1. The maximum atomic E-state index is 13.9. The van der Waals surface area contributed by atoms with Gasteiger partial charge in [0.2, 0.25) is 0 Å². The molecule has 0 bridgehead atoms. The predicted octanol–water partition coefficient (Wildman–Crippen LogP) is 5.47. The summed E-state index contributed by atoms with van der Waals surface area (Å²) in [5.74, 6) is -0.191. The summed E-state index contributed by atoms with van der Waals surface area (Å²) in [5.41, 5.74) is 3.40. The molecule has 1 saturated heterocycles. The first-order valence-corrected chi connectivity index (χ1v) is 12.1. The van der Waals surface area contributed by atoms with Crippen LogP contribution in [0.4, 0.5) is 15.6 Å². The molecule has 1 aliphatic rings. The zero-order valence-corrected chi connectivity index (χ0v) is 19.6. The molecule has 34 heavy (non-hydrogen) atoms. The molecule has 7 nitrogen and oxygen atoms in total. The molecule has 2 amide bonds. The first-order valence-electron chi connectivity index (χ1n) is 11.2. The fourth-order valence-electron chi connectivity index (χ4n) is 4.21. The molecule has 3 heterocycles. The molecule has 0 spiro atoms. The van der Waals surface area contributed by atoms with Gasteiger partial charge >= 0.3 is 6.09 Å². The van der Waals surface area contributed by atoms with Crippen molar-refractivity contribution in [3.63, 3.8) is 0 Å². The molecular weight excluding hydrogens is 448 g/mol. The van der Waals surface area contributed by atoms with Crippen LogP contribution >= 0.6 is 11.3 Å². The van der Waals surface area contributed by atoms with Crippen molar-refractivity contribution in [3.05, 3.63) is 83.5 Å². The topological polar surface area (TPSA) is 75.6 Å². The Bertz CT molecular complexity index is 1310. The number of nitrogens with zero attached hydrogens (tertiary/aromatic N) is 4. The van der Waals surface area contributed by atoms with Gasteiger partial charge in [0.15, 0.2) is 5.13 Å². The minimum Gasteiger partial charge on any atom is -0.445 e. The number of fused-ring (bicyclic) bond motifs is 1. The Hall–Kier alpha value is -3.78. The highest BCUT2D eigenvalue weighted by molar-refractivity contribution is 7.13. The molecular formula is C26H24N4O3S. The number of aromatic nitrogens is 2. The molecule has 0 radical (unpaired) electrons. The second-order valence-corrected chi connectivity index (χ2v) is 9.08. The Kier molecular flexibility index (Phi) is 6.22. The van der Waals surface area contributed by atoms with E-state index in [0.717, 1.165) is 28.6 Å². The summed E-state index contributed by atoms with van der Waals surface area (Å²) in [7, 11) is 0. The van der Waals surface area contributed by atoms with Crippen LogP contribution in [0, 0.1) is 6.92 Å². The minimum atomic E-state index is -0.612. The van der Waals surface area contributed by atoms with Gasteiger partial charge in [-0.15, -0.1) is 11.3 Å². The molecule has 0 saturated carbocycles. The van der Waals surface area contributed by atoms with Gasteiger partial charge in [0, 0.05) is 29.2 Å². The van der Waals surface area contributed by atoms with E-state index in [0.29, 0.717) is 23.8 Å². The predicted molar refractivity (Wildman–Crippen MR) is 132 cm³/mol. The van der Waals surface area contributed by atoms with Crippen molar-refractivity contribution >= 4 is 45.1 Å². The summed E-state index contributed by atoms with van der Waals surface area (Å²) < 4.78 is 5.53. The van der Waals surface area contributed by atoms with E-state index in [1.807, 2.05) is 73.0 Å². The van der Waals surface area contributed by atoms with Crippen LogP contribution in [0.5, 0.6) is 0 Å². The monoisotopic (exact) mass is 472 g/mol. The van der Waals surface area contributed by atoms with Gasteiger partial charge in [0.05, 0.1) is 11.2 Å². The fraction of sp³-hybridized carbons (Fsp3) is 0.231. The van der Waals surface area contributed by atoms with E-state index in [1.165, 1.54) is 16.2 Å². The number of benzene rings is 2. The van der Waals surface area contributed by atoms with Crippen LogP contribution in [0.1, 0.15) is 24.1 Å². The number of ether oxygens (including phenoxy) is 1. The quantitative estimate of drug-likeness (QED) is 0.385. The second-order valence-electron chi connectivity index (χ2n) is 8.21. The summed E-state index contributed by atoms with van der Waals surface area (Å²) in [6.45, 7) is 2.60. The number of anilines is 2. The number of likely N-dealkylation sites (tertiary alicyclic amines) is 1. The molecule has 172 valence electrons. The van der Waals surface area contributed by atoms with Crippen LogP contribution < -0.4 is 4.90 Å². The molecule has 1 atom stereocenters. The van der Waals surface area contributed by atoms with Crippen LogP contribution in [0.2, 0.25) is 0 Å². The standard InChI is InChI=1S/C26H24N4O3S/c1-18-9-10-20-16-21(11-12-22(20)28-18)30(25-27-13-15-34-25)24(31)23-8-5-14-29(23)26(32)33-17-19-6-3-2-4-7-19/h2-4,6-7,9-13,15-16,23H,5,8,14,17H2,1H3. The molecule has 5 rings (SSSR count). The lowest BCUT2D eigenvalue weighted by Crippen LogP contribution is -2.46. The van der Waals surface area contributed by atoms with E-state index in [9.17, 15) is 9.59 Å². The number of amides is 2. The Morgan fingerprint density at radius 3 is 2.79 bits per heavy atom. The van der Waals surface area contributed by atoms with Gasteiger partial charge in [0.25, 0.3) is 5.91 Å². The number of hydrogen-bond donors (Lipinski definition) is 0. The van der Waals surface area contributed by atoms with Crippen LogP contribution in [0.25, 0.3) is 10.9 Å². The van der Waals surface area contributed by atoms with Crippen LogP contribution in [0.3, 0.4) is 0 Å². The van der Waals surface area contributed by atoms with Crippen LogP contribution in [-0.2, 0) is 16.1 Å². The normalized spacial score (nSPS) is 15.4. The van der Waals surface area contributed by atoms with Gasteiger partial charge in [-0.2, -0.15) is 0 Å². The number of thiazole rings is 1. The highest BCUT2D eigenvalue weighted by Gasteiger charge is 2.39. The largest absolute Gasteiger partial charge is 0.445 e. The molecule has 1 unspecified atom stereocenters. The Labute approximate surface area is 201 Å². The summed E-state index contributed by atoms with van der Waals surface area (Å²) in [5, 5.41) is 3.33. The number of rotatable bonds is 5. The summed E-state index contributed by atoms with van der Waals surface area (Å²) in [6, 6.07) is 18.6. The van der Waals surface area contributed by atoms with Crippen molar-refractivity contribution in [2.45, 2.75) is 32.4 Å². The average molecular weight is 473 g/mol. The lowest BCUT2D eigenvalue weighted by molar-refractivity contribution is -0.121. The molecule has 0 N–H and O–H groups in total. The van der Waals surface area contributed by atoms with Crippen molar-refractivity contribution in [2.75, 3.05) is 11.4 Å². The smallest absolute Gasteiger partial charge is 0.410 e. The lowest BCUT2D eigenvalue weighted by Gasteiger charge is -2.28. The van der Waals surface area contributed by atoms with Crippen molar-refractivity contribution in [1.82, 2.24) is 14.9 Å². The lowest BCUT2D eigenvalue weighted by atomic mass is 10.1. The first kappa shape index (κ1) is 22.0. The molecule has 8 heteroatoms. The van der Waals surface area contributed by atoms with E-state index in [1.54, 1.807) is 11.1 Å². The van der Waals surface area contributed by atoms with Crippen molar-refractivity contribution < 1.29 is 14.3 Å². The van der Waals surface area contributed by atoms with Gasteiger partial charge in [-0.25, -0.2) is 9.78 Å². The first-order chi connectivity index (χ1) is 16.6. The molecule has 2 aromatic carbocycles. The number of carbonyl (C=O) groups excluding carboxylic acids is 2. The van der Waals surface area contributed by atoms with E-state index < -0.39 is 12.1 Å². The van der Waals surface area contributed by atoms with Crippen LogP contribution in [-0.4, -0.2) is 39.5 Å². The Morgan fingerprint density at radius 1 is 1.15 bits per heavy atom. The highest BCUT2D eigenvalue weighted by Crippen LogP contribution is 2.33. The SMILES string of the molecule is Cc1ccc2cc(N(C(=O)C3CCCN3C(=O)OCc3ccccc3)c3nccs3)ccc2n1. The van der Waals surface area contributed by atoms with E-state index in [2.05, 4.69) is 9.97 Å². The zero-order chi connectivity index (χ0) is 23.5. The van der Waals surface area contributed by atoms with Gasteiger partial charge in [-0.1, -0.05) is 36.4 Å². The van der Waals surface area contributed by atoms with Gasteiger partial charge in [-0.05, 0) is 49.6 Å². The van der Waals surface area contributed by atoms with E-state index >= 15 is 0 Å². The number of pyridine rings is 1. The maximum Gasteiger partial charge on any atom is 0.410 e. The third kappa shape index (κ3) is 4.49. The second kappa shape index (κ2) is 9.61. The molecule has 1 aliphatic heterocycles. The Morgan fingerprint density at radius 2 is 2.00 bits per heavy atom. The van der Waals surface area contributed by atoms with Gasteiger partial charge in [0.1, 0.15) is 12.6 Å². The zero-order valence-electron chi connectivity index (χ0n) is 18.8. The average Bonchev–Trinajstić information content (AvgIpc) is 3.56. The van der Waals surface area contributed by atoms with Gasteiger partial charge in [-0.3, -0.25) is 19.6 Å². The molecule has 0 aliphatic carbocycles. The van der Waals surface area contributed by atoms with Crippen LogP contribution in [0.15, 0.2) is 72.2 Å². The molecule has 4 aromatic rings. The van der Waals surface area contributed by atoms with Crippen molar-refractivity contribution in [1.29, 1.82) is 0 Å². The molecule has 1 fully saturated rings. The number of aryl methyl sites for hydroxylation is 1. The summed E-state index contributed by atoms with van der Waals surface area (Å²) >= 11 is 1.38. The Balaban J connectivity index is 1.41. The molecule has 2 aromatic heterocycles. The minimum absolute atomic E-state index is 0.171. The third-order valence-electron chi connectivity index (χ3n) is 5.88. The van der Waals surface area contributed by atoms with Crippen molar-refractivity contribution in [3.8, 4) is 0 Å². The van der Waals surface area contributed by atoms with Gasteiger partial charge < -0.3 is 4.74 Å². The third-order valence-corrected chi connectivity index (χ3v) is 6.64. The van der Waals surface area contributed by atoms with E-state index in [-0.39, 0.29) is 12.5 Å². The van der Waals surface area contributed by atoms with Crippen molar-refractivity contribution in [2.24, 2.45) is 0 Å².